The minimum atomic E-state index is 0.365. The molecule has 1 atom stereocenters. The van der Waals surface area contributed by atoms with Crippen LogP contribution in [0.4, 0.5) is 0 Å². The van der Waals surface area contributed by atoms with Crippen molar-refractivity contribution in [2.45, 2.75) is 13.3 Å². The summed E-state index contributed by atoms with van der Waals surface area (Å²) in [5.41, 5.74) is 5.64. The van der Waals surface area contributed by atoms with Crippen LogP contribution >= 0.6 is 0 Å². The zero-order valence-corrected chi connectivity index (χ0v) is 20.1. The lowest BCUT2D eigenvalue weighted by atomic mass is 10.0. The first-order valence-electron chi connectivity index (χ1n) is 12.0. The molecule has 37 heavy (non-hydrogen) atoms. The summed E-state index contributed by atoms with van der Waals surface area (Å²) in [5.74, 6) is 1.11. The van der Waals surface area contributed by atoms with E-state index in [0.29, 0.717) is 40.3 Å². The molecule has 6 rings (SSSR count). The Morgan fingerprint density at radius 2 is 1.03 bits per heavy atom. The van der Waals surface area contributed by atoms with Crippen LogP contribution in [0.15, 0.2) is 96.4 Å². The van der Waals surface area contributed by atoms with Crippen LogP contribution in [0.3, 0.4) is 0 Å². The first kappa shape index (κ1) is 22.5. The summed E-state index contributed by atoms with van der Waals surface area (Å²) in [6, 6.07) is 20.9. The van der Waals surface area contributed by atoms with Gasteiger partial charge in [0.2, 0.25) is 0 Å². The van der Waals surface area contributed by atoms with E-state index in [1.807, 2.05) is 72.9 Å². The standard InChI is InChI=1S/C29H22N8/c1-19-11-15-33-23(16-19)27-18-26(22-10-4-7-14-32-22)36-29(37-27)28-34-24(20-8-2-5-12-30-20)17-25(35-28)21-9-3-6-13-31-21/h2-10,12-19H,11H2,1H3. The van der Waals surface area contributed by atoms with Crippen LogP contribution in [-0.2, 0) is 0 Å². The van der Waals surface area contributed by atoms with Crippen molar-refractivity contribution in [3.05, 3.63) is 97.1 Å². The van der Waals surface area contributed by atoms with Gasteiger partial charge in [0.05, 0.1) is 45.6 Å². The van der Waals surface area contributed by atoms with Crippen LogP contribution in [0.1, 0.15) is 19.0 Å². The van der Waals surface area contributed by atoms with E-state index in [9.17, 15) is 0 Å². The molecule has 1 unspecified atom stereocenters. The molecule has 0 radical (unpaired) electrons. The Morgan fingerprint density at radius 3 is 1.46 bits per heavy atom. The molecule has 0 N–H and O–H groups in total. The van der Waals surface area contributed by atoms with Crippen molar-refractivity contribution < 1.29 is 0 Å². The Labute approximate surface area is 214 Å². The predicted molar refractivity (Wildman–Crippen MR) is 143 cm³/mol. The number of aromatic nitrogens is 7. The molecule has 0 bridgehead atoms. The molecule has 1 aliphatic rings. The maximum Gasteiger partial charge on any atom is 0.199 e. The molecule has 178 valence electrons. The quantitative estimate of drug-likeness (QED) is 0.323. The Morgan fingerprint density at radius 1 is 0.568 bits per heavy atom. The summed E-state index contributed by atoms with van der Waals surface area (Å²) < 4.78 is 0. The van der Waals surface area contributed by atoms with Gasteiger partial charge in [0.15, 0.2) is 11.6 Å². The second kappa shape index (κ2) is 9.94. The average Bonchev–Trinajstić information content (AvgIpc) is 2.98. The van der Waals surface area contributed by atoms with Gasteiger partial charge >= 0.3 is 0 Å². The van der Waals surface area contributed by atoms with Gasteiger partial charge in [-0.25, -0.2) is 19.9 Å². The van der Waals surface area contributed by atoms with E-state index in [2.05, 4.69) is 32.9 Å². The lowest BCUT2D eigenvalue weighted by Crippen LogP contribution is -2.05. The van der Waals surface area contributed by atoms with Crippen molar-refractivity contribution in [1.82, 2.24) is 34.9 Å². The lowest BCUT2D eigenvalue weighted by molar-refractivity contribution is 0.768. The van der Waals surface area contributed by atoms with E-state index in [1.54, 1.807) is 18.6 Å². The molecule has 8 nitrogen and oxygen atoms in total. The molecule has 0 saturated heterocycles. The third kappa shape index (κ3) is 4.90. The van der Waals surface area contributed by atoms with Gasteiger partial charge in [-0.15, -0.1) is 0 Å². The summed E-state index contributed by atoms with van der Waals surface area (Å²) in [6.07, 6.45) is 10.2. The molecule has 1 aliphatic heterocycles. The normalized spacial score (nSPS) is 14.8. The number of pyridine rings is 3. The van der Waals surface area contributed by atoms with E-state index in [0.717, 1.165) is 29.2 Å². The highest BCUT2D eigenvalue weighted by molar-refractivity contribution is 5.77. The van der Waals surface area contributed by atoms with E-state index in [-0.39, 0.29) is 0 Å². The number of allylic oxidation sites excluding steroid dienone is 1. The maximum absolute atomic E-state index is 4.87. The molecule has 0 amide bonds. The summed E-state index contributed by atoms with van der Waals surface area (Å²) in [5, 5.41) is 0. The molecular weight excluding hydrogens is 460 g/mol. The molecule has 5 aromatic rings. The predicted octanol–water partition coefficient (Wildman–Crippen LogP) is 5.57. The van der Waals surface area contributed by atoms with Crippen LogP contribution in [0.2, 0.25) is 0 Å². The third-order valence-corrected chi connectivity index (χ3v) is 5.85. The van der Waals surface area contributed by atoms with Crippen molar-refractivity contribution in [1.29, 1.82) is 0 Å². The van der Waals surface area contributed by atoms with E-state index < -0.39 is 0 Å². The number of hydrogen-bond donors (Lipinski definition) is 0. The van der Waals surface area contributed by atoms with Crippen molar-refractivity contribution in [3.8, 4) is 45.8 Å². The number of hydrogen-bond acceptors (Lipinski definition) is 8. The Bertz CT molecular complexity index is 1540. The minimum absolute atomic E-state index is 0.365. The average molecular weight is 483 g/mol. The van der Waals surface area contributed by atoms with Crippen molar-refractivity contribution >= 4 is 11.9 Å². The Balaban J connectivity index is 1.57. The largest absolute Gasteiger partial charge is 0.259 e. The number of nitrogens with zero attached hydrogens (tertiary/aromatic N) is 8. The first-order valence-corrected chi connectivity index (χ1v) is 12.0. The van der Waals surface area contributed by atoms with Crippen LogP contribution in [0.25, 0.3) is 51.5 Å². The van der Waals surface area contributed by atoms with Gasteiger partial charge < -0.3 is 0 Å². The number of aliphatic imine (C=N–C) groups is 1. The highest BCUT2D eigenvalue weighted by Gasteiger charge is 2.18. The second-order valence-corrected chi connectivity index (χ2v) is 8.65. The minimum Gasteiger partial charge on any atom is -0.259 e. The zero-order valence-electron chi connectivity index (χ0n) is 20.1. The molecule has 0 aliphatic carbocycles. The van der Waals surface area contributed by atoms with Crippen LogP contribution in [-0.4, -0.2) is 41.1 Å². The Kier molecular flexibility index (Phi) is 6.04. The third-order valence-electron chi connectivity index (χ3n) is 5.85. The van der Waals surface area contributed by atoms with Crippen molar-refractivity contribution in [2.24, 2.45) is 10.9 Å². The second-order valence-electron chi connectivity index (χ2n) is 8.65. The molecule has 0 spiro atoms. The fraction of sp³-hybridized carbons (Fsp3) is 0.103. The summed E-state index contributed by atoms with van der Waals surface area (Å²) in [4.78, 5) is 37.5. The van der Waals surface area contributed by atoms with Crippen LogP contribution in [0, 0.1) is 5.92 Å². The fourth-order valence-corrected chi connectivity index (χ4v) is 4.01. The SMILES string of the molecule is CC1C=C(c2cc(-c3ccccn3)nc(-c3nc(-c4ccccn4)cc(-c4ccccn4)n3)n2)N=CC1. The van der Waals surface area contributed by atoms with Crippen molar-refractivity contribution in [2.75, 3.05) is 0 Å². The summed E-state index contributed by atoms with van der Waals surface area (Å²) in [7, 11) is 0. The molecular formula is C29H22N8. The van der Waals surface area contributed by atoms with Crippen LogP contribution < -0.4 is 0 Å². The van der Waals surface area contributed by atoms with Gasteiger partial charge in [-0.3, -0.25) is 19.9 Å². The molecule has 0 aromatic carbocycles. The highest BCUT2D eigenvalue weighted by atomic mass is 15.0. The van der Waals surface area contributed by atoms with Gasteiger partial charge in [-0.1, -0.05) is 31.2 Å². The van der Waals surface area contributed by atoms with Gasteiger partial charge in [-0.05, 0) is 60.9 Å². The van der Waals surface area contributed by atoms with E-state index in [1.165, 1.54) is 0 Å². The van der Waals surface area contributed by atoms with Gasteiger partial charge in [0.25, 0.3) is 0 Å². The lowest BCUT2D eigenvalue weighted by Gasteiger charge is -2.13. The molecule has 0 fully saturated rings. The topological polar surface area (TPSA) is 103 Å². The zero-order chi connectivity index (χ0) is 25.0. The van der Waals surface area contributed by atoms with Gasteiger partial charge in [0, 0.05) is 24.8 Å². The van der Waals surface area contributed by atoms with Crippen molar-refractivity contribution in [3.63, 3.8) is 0 Å². The smallest absolute Gasteiger partial charge is 0.199 e. The maximum atomic E-state index is 4.87. The highest BCUT2D eigenvalue weighted by Crippen LogP contribution is 2.29. The van der Waals surface area contributed by atoms with Gasteiger partial charge in [-0.2, -0.15) is 0 Å². The molecule has 8 heteroatoms. The van der Waals surface area contributed by atoms with E-state index in [4.69, 9.17) is 19.9 Å². The molecule has 0 saturated carbocycles. The van der Waals surface area contributed by atoms with Gasteiger partial charge in [0.1, 0.15) is 0 Å². The molecule has 5 aromatic heterocycles. The summed E-state index contributed by atoms with van der Waals surface area (Å²) >= 11 is 0. The molecule has 6 heterocycles. The van der Waals surface area contributed by atoms with Crippen LogP contribution in [0.5, 0.6) is 0 Å². The first-order chi connectivity index (χ1) is 18.2. The summed E-state index contributed by atoms with van der Waals surface area (Å²) in [6.45, 7) is 2.16. The Hall–Kier alpha value is -4.98. The fourth-order valence-electron chi connectivity index (χ4n) is 4.01. The number of rotatable bonds is 5. The monoisotopic (exact) mass is 482 g/mol. The van der Waals surface area contributed by atoms with E-state index >= 15 is 0 Å².